The quantitative estimate of drug-likeness (QED) is 0.690. The van der Waals surface area contributed by atoms with Gasteiger partial charge < -0.3 is 20.0 Å². The fourth-order valence-corrected chi connectivity index (χ4v) is 2.74. The average molecular weight is 364 g/mol. The number of alkyl carbamates (subject to hydrolysis) is 1. The number of halogens is 1. The molecule has 1 amide bonds. The minimum Gasteiger partial charge on any atom is -0.550 e. The fourth-order valence-electron chi connectivity index (χ4n) is 2.61. The molecule has 0 heterocycles. The Hall–Kier alpha value is -0.114. The Balaban J connectivity index is 0.00000264. The number of carboxylic acid groups (broad SMARTS) is 1. The first-order chi connectivity index (χ1) is 10.5. The molecule has 0 radical (unpaired) electrons. The molecule has 0 spiro atoms. The van der Waals surface area contributed by atoms with Crippen LogP contribution in [-0.2, 0) is 16.1 Å². The Bertz CT molecular complexity index is 515. The molecule has 120 valence electrons. The third-order valence-electron chi connectivity index (χ3n) is 4.00. The first-order valence-electron chi connectivity index (χ1n) is 7.40. The molecule has 2 rings (SSSR count). The number of carbonyl (C=O) groups excluding carboxylic acids is 2. The van der Waals surface area contributed by atoms with Gasteiger partial charge in [0.2, 0.25) is 0 Å². The average Bonchev–Trinajstić information content (AvgIpc) is 2.52. The van der Waals surface area contributed by atoms with Crippen LogP contribution in [0.15, 0.2) is 24.3 Å². The smallest absolute Gasteiger partial charge is 0.550 e. The molecule has 0 aromatic heterocycles. The summed E-state index contributed by atoms with van der Waals surface area (Å²) in [5, 5.41) is 14.1. The fraction of sp³-hybridized carbons (Fsp3) is 0.500. The molecule has 0 aliphatic heterocycles. The van der Waals surface area contributed by atoms with Gasteiger partial charge in [0.1, 0.15) is 6.61 Å². The van der Waals surface area contributed by atoms with E-state index in [9.17, 15) is 14.7 Å². The summed E-state index contributed by atoms with van der Waals surface area (Å²) in [4.78, 5) is 22.4. The summed E-state index contributed by atoms with van der Waals surface area (Å²) in [6, 6.07) is 7.09. The molecule has 1 saturated carbocycles. The van der Waals surface area contributed by atoms with Gasteiger partial charge >= 0.3 is 57.5 Å². The van der Waals surface area contributed by atoms with Crippen LogP contribution in [0.2, 0.25) is 5.02 Å². The minimum absolute atomic E-state index is 0. The van der Waals surface area contributed by atoms with Gasteiger partial charge in [0.15, 0.2) is 0 Å². The molecule has 0 saturated heterocycles. The van der Waals surface area contributed by atoms with Crippen LogP contribution in [0.25, 0.3) is 0 Å². The summed E-state index contributed by atoms with van der Waals surface area (Å²) in [6.45, 7) is 0.708. The summed E-state index contributed by atoms with van der Waals surface area (Å²) < 4.78 is 5.12. The van der Waals surface area contributed by atoms with Crippen molar-refractivity contribution < 1.29 is 70.8 Å². The molecule has 1 aromatic rings. The van der Waals surface area contributed by atoms with Crippen LogP contribution < -0.4 is 61.8 Å². The topological polar surface area (TPSA) is 78.5 Å². The molecule has 23 heavy (non-hydrogen) atoms. The van der Waals surface area contributed by atoms with E-state index in [-0.39, 0.29) is 63.9 Å². The van der Waals surface area contributed by atoms with Crippen molar-refractivity contribution in [2.45, 2.75) is 32.3 Å². The number of amides is 1. The van der Waals surface area contributed by atoms with Gasteiger partial charge in [0.05, 0.1) is 0 Å². The maximum Gasteiger partial charge on any atom is 1.00 e. The monoisotopic (exact) mass is 363 g/mol. The van der Waals surface area contributed by atoms with Crippen molar-refractivity contribution in [3.05, 3.63) is 34.9 Å². The van der Waals surface area contributed by atoms with E-state index in [1.165, 1.54) is 0 Å². The summed E-state index contributed by atoms with van der Waals surface area (Å²) in [7, 11) is 0. The van der Waals surface area contributed by atoms with Gasteiger partial charge in [-0.05, 0) is 55.2 Å². The molecule has 1 fully saturated rings. The summed E-state index contributed by atoms with van der Waals surface area (Å²) in [6.07, 6.45) is 2.35. The molecule has 7 heteroatoms. The van der Waals surface area contributed by atoms with Crippen LogP contribution in [0.4, 0.5) is 4.79 Å². The van der Waals surface area contributed by atoms with Gasteiger partial charge in [0.25, 0.3) is 0 Å². The van der Waals surface area contributed by atoms with E-state index >= 15 is 0 Å². The molecule has 1 aliphatic rings. The minimum atomic E-state index is -0.964. The van der Waals surface area contributed by atoms with Gasteiger partial charge in [-0.15, -0.1) is 0 Å². The van der Waals surface area contributed by atoms with E-state index in [2.05, 4.69) is 5.32 Å². The van der Waals surface area contributed by atoms with Crippen molar-refractivity contribution >= 4 is 23.7 Å². The van der Waals surface area contributed by atoms with Crippen LogP contribution in [0, 0.1) is 11.8 Å². The van der Waals surface area contributed by atoms with Gasteiger partial charge in [-0.1, -0.05) is 23.7 Å². The number of rotatable bonds is 5. The molecule has 0 atom stereocenters. The van der Waals surface area contributed by atoms with E-state index in [1.54, 1.807) is 24.3 Å². The van der Waals surface area contributed by atoms with Crippen molar-refractivity contribution in [3.63, 3.8) is 0 Å². The van der Waals surface area contributed by atoms with Crippen LogP contribution in [0.1, 0.15) is 31.2 Å². The normalized spacial score (nSPS) is 20.2. The standard InChI is InChI=1S/C16H20ClNO4.K/c17-14-7-3-12(4-8-14)10-22-16(21)18-9-11-1-5-13(6-2-11)15(19)20;/h3-4,7-8,11,13H,1-2,5-6,9-10H2,(H,18,21)(H,19,20);/q;+1/p-1. The van der Waals surface area contributed by atoms with E-state index < -0.39 is 12.1 Å². The number of ether oxygens (including phenoxy) is 1. The molecule has 5 nitrogen and oxygen atoms in total. The molecule has 1 aliphatic carbocycles. The Kier molecular flexibility index (Phi) is 9.73. The van der Waals surface area contributed by atoms with Crippen molar-refractivity contribution in [1.29, 1.82) is 0 Å². The Morgan fingerprint density at radius 1 is 1.17 bits per heavy atom. The number of benzene rings is 1. The van der Waals surface area contributed by atoms with Gasteiger partial charge in [-0.2, -0.15) is 0 Å². The third kappa shape index (κ3) is 7.54. The van der Waals surface area contributed by atoms with Crippen molar-refractivity contribution in [3.8, 4) is 0 Å². The largest absolute Gasteiger partial charge is 1.00 e. The zero-order chi connectivity index (χ0) is 15.9. The predicted octanol–water partition coefficient (Wildman–Crippen LogP) is -0.873. The number of hydrogen-bond donors (Lipinski definition) is 1. The van der Waals surface area contributed by atoms with E-state index in [0.29, 0.717) is 30.3 Å². The molecule has 0 bridgehead atoms. The zero-order valence-corrected chi connectivity index (χ0v) is 17.1. The Morgan fingerprint density at radius 2 is 1.78 bits per heavy atom. The predicted molar refractivity (Wildman–Crippen MR) is 80.1 cm³/mol. The second-order valence-corrected chi connectivity index (χ2v) is 6.06. The number of carbonyl (C=O) groups is 2. The van der Waals surface area contributed by atoms with Crippen molar-refractivity contribution in [2.24, 2.45) is 11.8 Å². The summed E-state index contributed by atoms with van der Waals surface area (Å²) in [5.74, 6) is -0.999. The third-order valence-corrected chi connectivity index (χ3v) is 4.25. The van der Waals surface area contributed by atoms with Crippen molar-refractivity contribution in [2.75, 3.05) is 6.54 Å². The SMILES string of the molecule is O=C(NCC1CCC(C(=O)[O-])CC1)OCc1ccc(Cl)cc1.[K+]. The van der Waals surface area contributed by atoms with Crippen LogP contribution in [-0.4, -0.2) is 18.6 Å². The van der Waals surface area contributed by atoms with E-state index in [4.69, 9.17) is 16.3 Å². The second kappa shape index (κ2) is 10.7. The maximum absolute atomic E-state index is 11.6. The maximum atomic E-state index is 11.6. The number of nitrogens with one attached hydrogen (secondary N) is 1. The first kappa shape index (κ1) is 20.9. The molecule has 1 N–H and O–H groups in total. The Morgan fingerprint density at radius 3 is 2.35 bits per heavy atom. The van der Waals surface area contributed by atoms with Gasteiger partial charge in [-0.25, -0.2) is 4.79 Å². The van der Waals surface area contributed by atoms with Crippen molar-refractivity contribution in [1.82, 2.24) is 5.32 Å². The molecular weight excluding hydrogens is 345 g/mol. The number of carboxylic acids is 1. The van der Waals surface area contributed by atoms with E-state index in [1.807, 2.05) is 0 Å². The second-order valence-electron chi connectivity index (χ2n) is 5.62. The molecule has 0 unspecified atom stereocenters. The van der Waals surface area contributed by atoms with Crippen LogP contribution in [0.5, 0.6) is 0 Å². The van der Waals surface area contributed by atoms with Crippen LogP contribution in [0.3, 0.4) is 0 Å². The Labute approximate surface area is 183 Å². The zero-order valence-electron chi connectivity index (χ0n) is 13.2. The van der Waals surface area contributed by atoms with E-state index in [0.717, 1.165) is 18.4 Å². The first-order valence-corrected chi connectivity index (χ1v) is 7.78. The van der Waals surface area contributed by atoms with Gasteiger partial charge in [-0.3, -0.25) is 0 Å². The summed E-state index contributed by atoms with van der Waals surface area (Å²) in [5.41, 5.74) is 0.869. The number of hydrogen-bond acceptors (Lipinski definition) is 4. The van der Waals surface area contributed by atoms with Gasteiger partial charge in [0, 0.05) is 17.5 Å². The number of aliphatic carboxylic acids is 1. The van der Waals surface area contributed by atoms with Crippen LogP contribution >= 0.6 is 11.6 Å². The molecular formula is C16H19ClKNO4. The summed E-state index contributed by atoms with van der Waals surface area (Å²) >= 11 is 5.78. The molecule has 1 aromatic carbocycles.